The first-order chi connectivity index (χ1) is 8.91. The van der Waals surface area contributed by atoms with Gasteiger partial charge in [0.1, 0.15) is 11.6 Å². The van der Waals surface area contributed by atoms with Crippen LogP contribution in [0.1, 0.15) is 5.89 Å². The van der Waals surface area contributed by atoms with Gasteiger partial charge in [-0.15, -0.1) is 0 Å². The summed E-state index contributed by atoms with van der Waals surface area (Å²) in [6, 6.07) is 3.06. The molecule has 0 aliphatic heterocycles. The topological polar surface area (TPSA) is 65.2 Å². The average Bonchev–Trinajstić information content (AvgIpc) is 2.78. The number of carbonyl (C=O) groups is 1. The van der Waals surface area contributed by atoms with E-state index in [4.69, 9.17) is 0 Å². The summed E-state index contributed by atoms with van der Waals surface area (Å²) >= 11 is 0. The number of nitrogens with zero attached hydrogens (tertiary/aromatic N) is 2. The minimum absolute atomic E-state index is 0.0879. The zero-order valence-electron chi connectivity index (χ0n) is 8.94. The Labute approximate surface area is 102 Å². The highest BCUT2D eigenvalue weighted by molar-refractivity contribution is 5.58. The lowest BCUT2D eigenvalue weighted by molar-refractivity contribution is -0.159. The van der Waals surface area contributed by atoms with E-state index in [1.807, 2.05) is 0 Å². The van der Waals surface area contributed by atoms with Crippen LogP contribution >= 0.6 is 0 Å². The van der Waals surface area contributed by atoms with Crippen LogP contribution in [0, 0.1) is 5.82 Å². The van der Waals surface area contributed by atoms with Crippen molar-refractivity contribution in [2.24, 2.45) is 0 Å². The predicted molar refractivity (Wildman–Crippen MR) is 51.4 cm³/mol. The zero-order valence-corrected chi connectivity index (χ0v) is 8.94. The molecule has 0 bridgehead atoms. The molecular weight excluding hydrogens is 272 g/mol. The average molecular weight is 276 g/mol. The molecule has 0 fully saturated rings. The summed E-state index contributed by atoms with van der Waals surface area (Å²) in [5.74, 6) is -3.18. The van der Waals surface area contributed by atoms with Crippen LogP contribution in [0.15, 0.2) is 22.7 Å². The van der Waals surface area contributed by atoms with Gasteiger partial charge in [-0.3, -0.25) is 4.79 Å². The second kappa shape index (κ2) is 4.67. The summed E-state index contributed by atoms with van der Waals surface area (Å²) in [6.07, 6.45) is -4.80. The highest BCUT2D eigenvalue weighted by atomic mass is 19.4. The third-order valence-corrected chi connectivity index (χ3v) is 2.03. The lowest BCUT2D eigenvalue weighted by atomic mass is 10.2. The van der Waals surface area contributed by atoms with Crippen molar-refractivity contribution >= 4 is 6.47 Å². The molecule has 0 atom stereocenters. The van der Waals surface area contributed by atoms with Gasteiger partial charge in [0.15, 0.2) is 0 Å². The van der Waals surface area contributed by atoms with E-state index in [-0.39, 0.29) is 17.8 Å². The molecule has 0 spiro atoms. The SMILES string of the molecule is O=COc1ccc(-c2noc(C(F)(F)F)n2)c(F)c1. The number of hydrogen-bond donors (Lipinski definition) is 0. The summed E-state index contributed by atoms with van der Waals surface area (Å²) in [7, 11) is 0. The summed E-state index contributed by atoms with van der Waals surface area (Å²) in [4.78, 5) is 13.1. The molecule has 0 aliphatic carbocycles. The Hall–Kier alpha value is -2.45. The van der Waals surface area contributed by atoms with E-state index < -0.39 is 23.7 Å². The Morgan fingerprint density at radius 2 is 2.05 bits per heavy atom. The van der Waals surface area contributed by atoms with Gasteiger partial charge in [-0.05, 0) is 12.1 Å². The molecule has 1 aromatic carbocycles. The summed E-state index contributed by atoms with van der Waals surface area (Å²) in [6.45, 7) is 0.0879. The minimum Gasteiger partial charge on any atom is -0.429 e. The lowest BCUT2D eigenvalue weighted by Crippen LogP contribution is -2.04. The van der Waals surface area contributed by atoms with Gasteiger partial charge in [0, 0.05) is 6.07 Å². The van der Waals surface area contributed by atoms with E-state index in [0.717, 1.165) is 12.1 Å². The van der Waals surface area contributed by atoms with Gasteiger partial charge < -0.3 is 9.26 Å². The van der Waals surface area contributed by atoms with Gasteiger partial charge in [0.2, 0.25) is 5.82 Å². The number of carbonyl (C=O) groups excluding carboxylic acids is 1. The molecule has 100 valence electrons. The van der Waals surface area contributed by atoms with Crippen molar-refractivity contribution in [3.63, 3.8) is 0 Å². The molecule has 0 amide bonds. The molecule has 2 rings (SSSR count). The van der Waals surface area contributed by atoms with Gasteiger partial charge in [-0.1, -0.05) is 5.16 Å². The maximum absolute atomic E-state index is 13.6. The Morgan fingerprint density at radius 3 is 2.58 bits per heavy atom. The second-order valence-electron chi connectivity index (χ2n) is 3.28. The molecular formula is C10H4F4N2O3. The quantitative estimate of drug-likeness (QED) is 0.636. The van der Waals surface area contributed by atoms with Crippen LogP contribution in [-0.2, 0) is 11.0 Å². The Kier molecular flexibility index (Phi) is 3.19. The zero-order chi connectivity index (χ0) is 14.0. The Bertz CT molecular complexity index is 609. The van der Waals surface area contributed by atoms with Crippen molar-refractivity contribution in [3.05, 3.63) is 29.9 Å². The van der Waals surface area contributed by atoms with Crippen molar-refractivity contribution in [3.8, 4) is 17.1 Å². The van der Waals surface area contributed by atoms with Crippen LogP contribution in [0.3, 0.4) is 0 Å². The lowest BCUT2D eigenvalue weighted by Gasteiger charge is -2.00. The molecule has 1 aromatic heterocycles. The van der Waals surface area contributed by atoms with Gasteiger partial charge >= 0.3 is 12.1 Å². The third kappa shape index (κ3) is 2.69. The molecule has 0 aliphatic rings. The summed E-state index contributed by atoms with van der Waals surface area (Å²) in [5.41, 5.74) is -0.308. The van der Waals surface area contributed by atoms with Crippen LogP contribution in [0.2, 0.25) is 0 Å². The largest absolute Gasteiger partial charge is 0.471 e. The van der Waals surface area contributed by atoms with Crippen LogP contribution in [0.5, 0.6) is 5.75 Å². The van der Waals surface area contributed by atoms with Crippen molar-refractivity contribution in [2.45, 2.75) is 6.18 Å². The summed E-state index contributed by atoms with van der Waals surface area (Å²) in [5, 5.41) is 3.03. The van der Waals surface area contributed by atoms with Gasteiger partial charge in [-0.2, -0.15) is 18.2 Å². The summed E-state index contributed by atoms with van der Waals surface area (Å²) < 4.78 is 58.6. The fourth-order valence-electron chi connectivity index (χ4n) is 1.25. The number of halogens is 4. The van der Waals surface area contributed by atoms with E-state index >= 15 is 0 Å². The Balaban J connectivity index is 2.37. The molecule has 0 saturated heterocycles. The smallest absolute Gasteiger partial charge is 0.429 e. The molecule has 19 heavy (non-hydrogen) atoms. The highest BCUT2D eigenvalue weighted by Gasteiger charge is 2.38. The standard InChI is InChI=1S/C10H4F4N2O3/c11-7-3-5(18-4-17)1-2-6(7)8-15-9(19-16-8)10(12,13)14/h1-4H. The van der Waals surface area contributed by atoms with E-state index in [9.17, 15) is 22.4 Å². The minimum atomic E-state index is -4.80. The van der Waals surface area contributed by atoms with Gasteiger partial charge in [0.05, 0.1) is 5.56 Å². The van der Waals surface area contributed by atoms with Crippen LogP contribution in [0.4, 0.5) is 17.6 Å². The van der Waals surface area contributed by atoms with E-state index in [2.05, 4.69) is 19.4 Å². The van der Waals surface area contributed by atoms with Crippen molar-refractivity contribution in [2.75, 3.05) is 0 Å². The van der Waals surface area contributed by atoms with Crippen LogP contribution < -0.4 is 4.74 Å². The van der Waals surface area contributed by atoms with E-state index in [1.165, 1.54) is 6.07 Å². The molecule has 9 heteroatoms. The third-order valence-electron chi connectivity index (χ3n) is 2.03. The molecule has 0 radical (unpaired) electrons. The van der Waals surface area contributed by atoms with Gasteiger partial charge in [-0.25, -0.2) is 4.39 Å². The molecule has 0 saturated carbocycles. The van der Waals surface area contributed by atoms with Crippen molar-refractivity contribution in [1.82, 2.24) is 10.1 Å². The molecule has 0 N–H and O–H groups in total. The first-order valence-electron chi connectivity index (χ1n) is 4.73. The molecule has 5 nitrogen and oxygen atoms in total. The maximum Gasteiger partial charge on any atom is 0.471 e. The fraction of sp³-hybridized carbons (Fsp3) is 0.100. The number of rotatable bonds is 3. The number of alkyl halides is 3. The monoisotopic (exact) mass is 276 g/mol. The van der Waals surface area contributed by atoms with E-state index in [1.54, 1.807) is 0 Å². The highest BCUT2D eigenvalue weighted by Crippen LogP contribution is 2.30. The van der Waals surface area contributed by atoms with E-state index in [0.29, 0.717) is 0 Å². The van der Waals surface area contributed by atoms with Crippen LogP contribution in [-0.4, -0.2) is 16.6 Å². The Morgan fingerprint density at radius 1 is 1.32 bits per heavy atom. The number of benzene rings is 1. The first-order valence-corrected chi connectivity index (χ1v) is 4.73. The maximum atomic E-state index is 13.6. The predicted octanol–water partition coefficient (Wildman–Crippen LogP) is 2.43. The molecule has 0 unspecified atom stereocenters. The van der Waals surface area contributed by atoms with Crippen molar-refractivity contribution in [1.29, 1.82) is 0 Å². The number of hydrogen-bond acceptors (Lipinski definition) is 5. The number of ether oxygens (including phenoxy) is 1. The van der Waals surface area contributed by atoms with Gasteiger partial charge in [0.25, 0.3) is 6.47 Å². The molecule has 1 heterocycles. The van der Waals surface area contributed by atoms with Crippen LogP contribution in [0.25, 0.3) is 11.4 Å². The normalized spacial score (nSPS) is 11.4. The van der Waals surface area contributed by atoms with Crippen molar-refractivity contribution < 1.29 is 31.6 Å². The first kappa shape index (κ1) is 13.0. The molecule has 2 aromatic rings. The second-order valence-corrected chi connectivity index (χ2v) is 3.28. The number of aromatic nitrogens is 2. The fourth-order valence-corrected chi connectivity index (χ4v) is 1.25.